The number of hydrogen-bond donors (Lipinski definition) is 3. The van der Waals surface area contributed by atoms with E-state index in [0.717, 1.165) is 5.51 Å². The molecule has 118 valence electrons. The lowest BCUT2D eigenvalue weighted by Crippen LogP contribution is -2.45. The number of aromatic carboxylic acids is 1. The van der Waals surface area contributed by atoms with E-state index in [2.05, 4.69) is 15.0 Å². The minimum absolute atomic E-state index is 0.238. The van der Waals surface area contributed by atoms with Crippen molar-refractivity contribution in [2.24, 2.45) is 0 Å². The normalized spacial score (nSPS) is 12.9. The Morgan fingerprint density at radius 3 is 2.76 bits per heavy atom. The molecule has 3 N–H and O–H groups in total. The Morgan fingerprint density at radius 1 is 1.52 bits per heavy atom. The van der Waals surface area contributed by atoms with E-state index in [1.165, 1.54) is 14.0 Å². The van der Waals surface area contributed by atoms with Gasteiger partial charge in [0.25, 0.3) is 10.0 Å². The van der Waals surface area contributed by atoms with E-state index in [1.807, 2.05) is 0 Å². The highest BCUT2D eigenvalue weighted by Crippen LogP contribution is 2.20. The van der Waals surface area contributed by atoms with E-state index in [-0.39, 0.29) is 6.54 Å². The maximum atomic E-state index is 12.1. The number of carbonyl (C=O) groups excluding carboxylic acids is 1. The van der Waals surface area contributed by atoms with Crippen molar-refractivity contribution in [3.05, 3.63) is 11.2 Å². The number of nitrogens with zero attached hydrogens (tertiary/aromatic N) is 1. The van der Waals surface area contributed by atoms with E-state index in [1.54, 1.807) is 0 Å². The first-order valence-electron chi connectivity index (χ1n) is 5.75. The molecule has 0 spiro atoms. The van der Waals surface area contributed by atoms with Crippen LogP contribution in [0.5, 0.6) is 0 Å². The molecular weight excluding hydrogens is 322 g/mol. The highest BCUT2D eigenvalue weighted by molar-refractivity contribution is 7.91. The van der Waals surface area contributed by atoms with Crippen molar-refractivity contribution >= 4 is 33.2 Å². The second-order valence-corrected chi connectivity index (χ2v) is 6.68. The van der Waals surface area contributed by atoms with Gasteiger partial charge in [0, 0.05) is 13.7 Å². The molecule has 0 aliphatic heterocycles. The van der Waals surface area contributed by atoms with Crippen LogP contribution in [0.3, 0.4) is 0 Å². The minimum Gasteiger partial charge on any atom is -0.476 e. The molecule has 1 atom stereocenters. The van der Waals surface area contributed by atoms with Crippen molar-refractivity contribution < 1.29 is 27.9 Å². The monoisotopic (exact) mass is 337 g/mol. The summed E-state index contributed by atoms with van der Waals surface area (Å²) < 4.78 is 30.5. The van der Waals surface area contributed by atoms with Gasteiger partial charge in [0.1, 0.15) is 0 Å². The first-order valence-corrected chi connectivity index (χ1v) is 8.11. The van der Waals surface area contributed by atoms with Gasteiger partial charge in [-0.25, -0.2) is 18.2 Å². The molecule has 0 aliphatic carbocycles. The van der Waals surface area contributed by atoms with Crippen LogP contribution in [-0.4, -0.2) is 56.7 Å². The molecule has 0 saturated carbocycles. The van der Waals surface area contributed by atoms with Gasteiger partial charge in [-0.15, -0.1) is 11.3 Å². The Balaban J connectivity index is 2.78. The van der Waals surface area contributed by atoms with Crippen molar-refractivity contribution in [2.45, 2.75) is 17.2 Å². The van der Waals surface area contributed by atoms with E-state index < -0.39 is 37.8 Å². The Hall–Kier alpha value is -1.56. The number of rotatable bonds is 8. The molecule has 0 aliphatic rings. The number of carboxylic acid groups (broad SMARTS) is 1. The standard InChI is InChI=1S/C10H15N3O6S2/c1-6(8(14)11-3-4-19-2)13-21(17,18)10-7(9(15)16)12-5-20-10/h5-6,13H,3-4H2,1-2H3,(H,11,14)(H,15,16). The van der Waals surface area contributed by atoms with Crippen LogP contribution in [0.2, 0.25) is 0 Å². The van der Waals surface area contributed by atoms with Gasteiger partial charge in [0.05, 0.1) is 18.2 Å². The predicted molar refractivity (Wildman–Crippen MR) is 73.7 cm³/mol. The van der Waals surface area contributed by atoms with E-state index >= 15 is 0 Å². The molecule has 11 heteroatoms. The predicted octanol–water partition coefficient (Wildman–Crippen LogP) is -0.729. The zero-order valence-corrected chi connectivity index (χ0v) is 13.0. The Morgan fingerprint density at radius 2 is 2.19 bits per heavy atom. The van der Waals surface area contributed by atoms with Crippen LogP contribution in [-0.2, 0) is 19.6 Å². The fraction of sp³-hybridized carbons (Fsp3) is 0.500. The van der Waals surface area contributed by atoms with Gasteiger partial charge < -0.3 is 15.2 Å². The average molecular weight is 337 g/mol. The number of aromatic nitrogens is 1. The van der Waals surface area contributed by atoms with Crippen molar-refractivity contribution in [1.82, 2.24) is 15.0 Å². The van der Waals surface area contributed by atoms with Gasteiger partial charge in [0.2, 0.25) is 5.91 Å². The van der Waals surface area contributed by atoms with Gasteiger partial charge in [-0.1, -0.05) is 0 Å². The Bertz CT molecular complexity index is 612. The molecule has 1 aromatic heterocycles. The number of thiazole rings is 1. The van der Waals surface area contributed by atoms with Crippen LogP contribution in [0.15, 0.2) is 9.72 Å². The summed E-state index contributed by atoms with van der Waals surface area (Å²) >= 11 is 0.666. The quantitative estimate of drug-likeness (QED) is 0.532. The topological polar surface area (TPSA) is 135 Å². The van der Waals surface area contributed by atoms with E-state index in [4.69, 9.17) is 9.84 Å². The van der Waals surface area contributed by atoms with Crippen molar-refractivity contribution in [1.29, 1.82) is 0 Å². The number of ether oxygens (including phenoxy) is 1. The van der Waals surface area contributed by atoms with Crippen LogP contribution in [0, 0.1) is 0 Å². The van der Waals surface area contributed by atoms with E-state index in [0.29, 0.717) is 17.9 Å². The van der Waals surface area contributed by atoms with Crippen LogP contribution in [0.1, 0.15) is 17.4 Å². The highest BCUT2D eigenvalue weighted by atomic mass is 32.2. The second kappa shape index (κ2) is 7.45. The summed E-state index contributed by atoms with van der Waals surface area (Å²) in [7, 11) is -2.67. The van der Waals surface area contributed by atoms with Crippen LogP contribution in [0.4, 0.5) is 0 Å². The van der Waals surface area contributed by atoms with Gasteiger partial charge in [0.15, 0.2) is 9.90 Å². The number of hydrogen-bond acceptors (Lipinski definition) is 7. The molecule has 0 radical (unpaired) electrons. The summed E-state index contributed by atoms with van der Waals surface area (Å²) in [6.07, 6.45) is 0. The maximum absolute atomic E-state index is 12.1. The van der Waals surface area contributed by atoms with Gasteiger partial charge in [-0.05, 0) is 6.92 Å². The van der Waals surface area contributed by atoms with Gasteiger partial charge in [-0.3, -0.25) is 4.79 Å². The number of carbonyl (C=O) groups is 2. The first kappa shape index (κ1) is 17.5. The number of carboxylic acids is 1. The van der Waals surface area contributed by atoms with Crippen LogP contribution >= 0.6 is 11.3 Å². The molecule has 0 bridgehead atoms. The molecule has 1 heterocycles. The van der Waals surface area contributed by atoms with Crippen LogP contribution < -0.4 is 10.0 Å². The first-order chi connectivity index (χ1) is 9.79. The van der Waals surface area contributed by atoms with Gasteiger partial charge >= 0.3 is 5.97 Å². The molecule has 0 saturated heterocycles. The number of amides is 1. The summed E-state index contributed by atoms with van der Waals surface area (Å²) in [5.74, 6) is -1.99. The summed E-state index contributed by atoms with van der Waals surface area (Å²) in [6, 6.07) is -1.06. The Kier molecular flexibility index (Phi) is 6.20. The van der Waals surface area contributed by atoms with Crippen molar-refractivity contribution in [3.8, 4) is 0 Å². The lowest BCUT2D eigenvalue weighted by atomic mass is 10.3. The SMILES string of the molecule is COCCNC(=O)C(C)NS(=O)(=O)c1scnc1C(=O)O. The number of methoxy groups -OCH3 is 1. The van der Waals surface area contributed by atoms with Crippen molar-refractivity contribution in [3.63, 3.8) is 0 Å². The second-order valence-electron chi connectivity index (χ2n) is 3.92. The van der Waals surface area contributed by atoms with Crippen molar-refractivity contribution in [2.75, 3.05) is 20.3 Å². The maximum Gasteiger partial charge on any atom is 0.356 e. The Labute approximate surface area is 125 Å². The minimum atomic E-state index is -4.13. The summed E-state index contributed by atoms with van der Waals surface area (Å²) in [4.78, 5) is 26.0. The molecule has 1 rings (SSSR count). The molecule has 9 nitrogen and oxygen atoms in total. The highest BCUT2D eigenvalue weighted by Gasteiger charge is 2.28. The average Bonchev–Trinajstić information content (AvgIpc) is 2.88. The third kappa shape index (κ3) is 4.74. The van der Waals surface area contributed by atoms with E-state index in [9.17, 15) is 18.0 Å². The molecule has 21 heavy (non-hydrogen) atoms. The summed E-state index contributed by atoms with van der Waals surface area (Å²) in [5, 5.41) is 11.3. The molecule has 1 amide bonds. The summed E-state index contributed by atoms with van der Waals surface area (Å²) in [6.45, 7) is 1.88. The lowest BCUT2D eigenvalue weighted by molar-refractivity contribution is -0.122. The third-order valence-electron chi connectivity index (χ3n) is 2.31. The largest absolute Gasteiger partial charge is 0.476 e. The fourth-order valence-electron chi connectivity index (χ4n) is 1.34. The number of sulfonamides is 1. The zero-order chi connectivity index (χ0) is 16.0. The molecule has 1 aromatic rings. The fourth-order valence-corrected chi connectivity index (χ4v) is 3.70. The lowest BCUT2D eigenvalue weighted by Gasteiger charge is -2.13. The molecule has 1 unspecified atom stereocenters. The van der Waals surface area contributed by atoms with Crippen LogP contribution in [0.25, 0.3) is 0 Å². The molecule has 0 aromatic carbocycles. The third-order valence-corrected chi connectivity index (χ3v) is 5.22. The smallest absolute Gasteiger partial charge is 0.356 e. The molecule has 0 fully saturated rings. The molecular formula is C10H15N3O6S2. The van der Waals surface area contributed by atoms with Gasteiger partial charge in [-0.2, -0.15) is 4.72 Å². The number of nitrogens with one attached hydrogen (secondary N) is 2. The summed E-state index contributed by atoms with van der Waals surface area (Å²) in [5.41, 5.74) is 0.543. The zero-order valence-electron chi connectivity index (χ0n) is 11.3.